The molecule has 7 heteroatoms. The van der Waals surface area contributed by atoms with Crippen LogP contribution < -0.4 is 0 Å². The molecule has 0 bridgehead atoms. The van der Waals surface area contributed by atoms with Gasteiger partial charge >= 0.3 is 5.97 Å². The number of aliphatic carboxylic acids is 1. The van der Waals surface area contributed by atoms with Crippen LogP contribution in [0.3, 0.4) is 0 Å². The number of halogens is 1. The third-order valence-corrected chi connectivity index (χ3v) is 4.12. The molecule has 0 spiro atoms. The first-order valence-electron chi connectivity index (χ1n) is 4.79. The van der Waals surface area contributed by atoms with Crippen LogP contribution in [0.5, 0.6) is 0 Å². The maximum Gasteiger partial charge on any atom is 0.316 e. The minimum Gasteiger partial charge on any atom is -0.480 e. The summed E-state index contributed by atoms with van der Waals surface area (Å²) in [6.45, 7) is 1.74. The number of nitro groups is 1. The summed E-state index contributed by atoms with van der Waals surface area (Å²) in [5.74, 6) is -0.953. The molecule has 0 heterocycles. The lowest BCUT2D eigenvalue weighted by molar-refractivity contribution is -0.387. The topological polar surface area (TPSA) is 80.4 Å². The Labute approximate surface area is 116 Å². The molecule has 5 nitrogen and oxygen atoms in total. The van der Waals surface area contributed by atoms with Crippen molar-refractivity contribution in [2.45, 2.75) is 23.5 Å². The number of carboxylic acid groups (broad SMARTS) is 1. The van der Waals surface area contributed by atoms with Gasteiger partial charge in [0.2, 0.25) is 0 Å². The average Bonchev–Trinajstić information content (AvgIpc) is 2.26. The Balaban J connectivity index is 3.05. The number of hydrogen-bond donors (Lipinski definition) is 1. The molecular formula is C10H10INO4S. The Morgan fingerprint density at radius 1 is 1.65 bits per heavy atom. The quantitative estimate of drug-likeness (QED) is 0.374. The van der Waals surface area contributed by atoms with Gasteiger partial charge in [-0.2, -0.15) is 0 Å². The van der Waals surface area contributed by atoms with Crippen LogP contribution in [-0.4, -0.2) is 21.2 Å². The van der Waals surface area contributed by atoms with E-state index in [9.17, 15) is 14.9 Å². The van der Waals surface area contributed by atoms with Gasteiger partial charge in [-0.05, 0) is 41.1 Å². The predicted molar refractivity (Wildman–Crippen MR) is 73.4 cm³/mol. The van der Waals surface area contributed by atoms with Gasteiger partial charge in [0.1, 0.15) is 5.25 Å². The molecule has 1 aromatic rings. The van der Waals surface area contributed by atoms with Crippen LogP contribution in [0.15, 0.2) is 23.1 Å². The zero-order chi connectivity index (χ0) is 13.0. The Morgan fingerprint density at radius 2 is 2.29 bits per heavy atom. The number of carboxylic acids is 1. The van der Waals surface area contributed by atoms with Crippen molar-refractivity contribution in [3.8, 4) is 0 Å². The second-order valence-electron chi connectivity index (χ2n) is 3.22. The summed E-state index contributed by atoms with van der Waals surface area (Å²) < 4.78 is 0.752. The minimum atomic E-state index is -0.953. The van der Waals surface area contributed by atoms with E-state index in [1.165, 1.54) is 6.07 Å². The Kier molecular flexibility index (Phi) is 5.19. The molecule has 1 atom stereocenters. The minimum absolute atomic E-state index is 0.0402. The molecule has 17 heavy (non-hydrogen) atoms. The number of nitro benzene ring substituents is 1. The first-order valence-corrected chi connectivity index (χ1v) is 6.75. The lowest BCUT2D eigenvalue weighted by Gasteiger charge is -2.09. The summed E-state index contributed by atoms with van der Waals surface area (Å²) in [6, 6.07) is 4.76. The molecule has 0 amide bonds. The van der Waals surface area contributed by atoms with E-state index in [2.05, 4.69) is 0 Å². The number of thioether (sulfide) groups is 1. The van der Waals surface area contributed by atoms with Gasteiger partial charge in [0, 0.05) is 9.64 Å². The SMILES string of the molecule is CCC(Sc1ccc(I)cc1[N+](=O)[O-])C(=O)O. The van der Waals surface area contributed by atoms with Crippen LogP contribution in [0.4, 0.5) is 5.69 Å². The summed E-state index contributed by atoms with van der Waals surface area (Å²) in [6.07, 6.45) is 0.420. The van der Waals surface area contributed by atoms with Gasteiger partial charge in [-0.3, -0.25) is 14.9 Å². The van der Waals surface area contributed by atoms with E-state index < -0.39 is 16.1 Å². The highest BCUT2D eigenvalue weighted by molar-refractivity contribution is 14.1. The number of benzene rings is 1. The monoisotopic (exact) mass is 367 g/mol. The lowest BCUT2D eigenvalue weighted by atomic mass is 10.3. The summed E-state index contributed by atoms with van der Waals surface area (Å²) in [5, 5.41) is 19.1. The van der Waals surface area contributed by atoms with Crippen molar-refractivity contribution in [3.63, 3.8) is 0 Å². The van der Waals surface area contributed by atoms with Crippen LogP contribution in [-0.2, 0) is 4.79 Å². The molecule has 0 radical (unpaired) electrons. The van der Waals surface area contributed by atoms with Gasteiger partial charge < -0.3 is 5.11 Å². The van der Waals surface area contributed by atoms with Gasteiger partial charge in [0.15, 0.2) is 0 Å². The van der Waals surface area contributed by atoms with E-state index >= 15 is 0 Å². The van der Waals surface area contributed by atoms with Gasteiger partial charge in [0.25, 0.3) is 5.69 Å². The molecule has 0 fully saturated rings. The number of carbonyl (C=O) groups is 1. The highest BCUT2D eigenvalue weighted by atomic mass is 127. The van der Waals surface area contributed by atoms with E-state index in [1.807, 2.05) is 22.6 Å². The molecule has 0 saturated heterocycles. The molecule has 0 aliphatic rings. The normalized spacial score (nSPS) is 12.1. The van der Waals surface area contributed by atoms with Crippen molar-refractivity contribution in [3.05, 3.63) is 31.9 Å². The van der Waals surface area contributed by atoms with Crippen molar-refractivity contribution in [2.75, 3.05) is 0 Å². The van der Waals surface area contributed by atoms with Crippen LogP contribution in [0.25, 0.3) is 0 Å². The van der Waals surface area contributed by atoms with Crippen molar-refractivity contribution >= 4 is 46.0 Å². The van der Waals surface area contributed by atoms with E-state index in [0.29, 0.717) is 11.3 Å². The first kappa shape index (κ1) is 14.2. The Morgan fingerprint density at radius 3 is 2.76 bits per heavy atom. The molecule has 1 unspecified atom stereocenters. The largest absolute Gasteiger partial charge is 0.480 e. The van der Waals surface area contributed by atoms with Crippen LogP contribution >= 0.6 is 34.4 Å². The lowest BCUT2D eigenvalue weighted by Crippen LogP contribution is -2.14. The molecule has 0 aromatic heterocycles. The fourth-order valence-electron chi connectivity index (χ4n) is 1.19. The van der Waals surface area contributed by atoms with Crippen LogP contribution in [0.1, 0.15) is 13.3 Å². The number of hydrogen-bond acceptors (Lipinski definition) is 4. The highest BCUT2D eigenvalue weighted by Crippen LogP contribution is 2.34. The molecule has 0 saturated carbocycles. The van der Waals surface area contributed by atoms with Gasteiger partial charge in [0.05, 0.1) is 9.82 Å². The summed E-state index contributed by atoms with van der Waals surface area (Å²) in [5.41, 5.74) is -0.0402. The molecular weight excluding hydrogens is 357 g/mol. The highest BCUT2D eigenvalue weighted by Gasteiger charge is 2.22. The standard InChI is InChI=1S/C10H10INO4S/c1-2-8(10(13)14)17-9-4-3-6(11)5-7(9)12(15)16/h3-5,8H,2H2,1H3,(H,13,14). The summed E-state index contributed by atoms with van der Waals surface area (Å²) in [4.78, 5) is 21.7. The maximum atomic E-state index is 10.9. The van der Waals surface area contributed by atoms with Gasteiger partial charge in [-0.1, -0.05) is 6.92 Å². The molecule has 1 aromatic carbocycles. The third-order valence-electron chi connectivity index (χ3n) is 2.03. The predicted octanol–water partition coefficient (Wildman–Crippen LogP) is 3.15. The van der Waals surface area contributed by atoms with E-state index in [1.54, 1.807) is 19.1 Å². The average molecular weight is 367 g/mol. The van der Waals surface area contributed by atoms with E-state index in [4.69, 9.17) is 5.11 Å². The van der Waals surface area contributed by atoms with Crippen molar-refractivity contribution in [1.82, 2.24) is 0 Å². The molecule has 1 N–H and O–H groups in total. The second kappa shape index (κ2) is 6.20. The van der Waals surface area contributed by atoms with Gasteiger partial charge in [-0.15, -0.1) is 11.8 Å². The van der Waals surface area contributed by atoms with Crippen molar-refractivity contribution in [1.29, 1.82) is 0 Å². The van der Waals surface area contributed by atoms with E-state index in [0.717, 1.165) is 15.3 Å². The van der Waals surface area contributed by atoms with Crippen molar-refractivity contribution in [2.24, 2.45) is 0 Å². The summed E-state index contributed by atoms with van der Waals surface area (Å²) in [7, 11) is 0. The first-order chi connectivity index (χ1) is 7.95. The zero-order valence-electron chi connectivity index (χ0n) is 8.92. The third kappa shape index (κ3) is 3.84. The molecule has 1 rings (SSSR count). The Bertz CT molecular complexity index is 452. The smallest absolute Gasteiger partial charge is 0.316 e. The van der Waals surface area contributed by atoms with Crippen LogP contribution in [0, 0.1) is 13.7 Å². The fraction of sp³-hybridized carbons (Fsp3) is 0.300. The number of nitrogens with zero attached hydrogens (tertiary/aromatic N) is 1. The van der Waals surface area contributed by atoms with Crippen molar-refractivity contribution < 1.29 is 14.8 Å². The second-order valence-corrected chi connectivity index (χ2v) is 5.71. The molecule has 92 valence electrons. The molecule has 0 aliphatic carbocycles. The molecule has 0 aliphatic heterocycles. The maximum absolute atomic E-state index is 10.9. The summed E-state index contributed by atoms with van der Waals surface area (Å²) >= 11 is 3.00. The number of rotatable bonds is 5. The Hall–Kier alpha value is -0.830. The van der Waals surface area contributed by atoms with Crippen LogP contribution in [0.2, 0.25) is 0 Å². The zero-order valence-corrected chi connectivity index (χ0v) is 11.9. The van der Waals surface area contributed by atoms with Gasteiger partial charge in [-0.25, -0.2) is 0 Å². The van der Waals surface area contributed by atoms with E-state index in [-0.39, 0.29) is 5.69 Å². The fourth-order valence-corrected chi connectivity index (χ4v) is 2.64.